The fourth-order valence-electron chi connectivity index (χ4n) is 2.13. The second-order valence-electron chi connectivity index (χ2n) is 5.21. The summed E-state index contributed by atoms with van der Waals surface area (Å²) in [6, 6.07) is 8.32. The van der Waals surface area contributed by atoms with Gasteiger partial charge in [0.2, 0.25) is 0 Å². The van der Waals surface area contributed by atoms with Gasteiger partial charge in [-0.25, -0.2) is 0 Å². The molecule has 0 radical (unpaired) electrons. The van der Waals surface area contributed by atoms with E-state index in [1.165, 1.54) is 35.2 Å². The molecule has 24 heavy (non-hydrogen) atoms. The summed E-state index contributed by atoms with van der Waals surface area (Å²) in [5.41, 5.74) is 6.22. The van der Waals surface area contributed by atoms with Gasteiger partial charge in [0.1, 0.15) is 10.6 Å². The summed E-state index contributed by atoms with van der Waals surface area (Å²) < 4.78 is 32.5. The average Bonchev–Trinajstić information content (AvgIpc) is 2.47. The lowest BCUT2D eigenvalue weighted by Crippen LogP contribution is -2.14. The topological polar surface area (TPSA) is 139 Å². The van der Waals surface area contributed by atoms with Crippen LogP contribution in [0.2, 0.25) is 0 Å². The molecule has 0 aliphatic heterocycles. The molecule has 0 saturated heterocycles. The van der Waals surface area contributed by atoms with Crippen molar-refractivity contribution in [1.29, 1.82) is 0 Å². The fourth-order valence-corrected chi connectivity index (χ4v) is 2.92. The van der Waals surface area contributed by atoms with E-state index in [4.69, 9.17) is 5.73 Å². The fraction of sp³-hybridized carbons (Fsp3) is 0.143. The first-order chi connectivity index (χ1) is 11.1. The number of nitrogens with zero attached hydrogens (tertiary/aromatic N) is 2. The Morgan fingerprint density at radius 3 is 2.42 bits per heavy atom. The van der Waals surface area contributed by atoms with Gasteiger partial charge in [-0.1, -0.05) is 0 Å². The third-order valence-corrected chi connectivity index (χ3v) is 4.10. The van der Waals surface area contributed by atoms with Gasteiger partial charge in [-0.05, 0) is 30.3 Å². The summed E-state index contributed by atoms with van der Waals surface area (Å²) >= 11 is 0. The first-order valence-corrected chi connectivity index (χ1v) is 8.13. The Morgan fingerprint density at radius 1 is 1.21 bits per heavy atom. The Kier molecular flexibility index (Phi) is 4.62. The maximum Gasteiger partial charge on any atom is 0.296 e. The van der Waals surface area contributed by atoms with Gasteiger partial charge < -0.3 is 16.0 Å². The summed E-state index contributed by atoms with van der Waals surface area (Å²) in [4.78, 5) is 11.7. The monoisotopic (exact) mass is 352 g/mol. The van der Waals surface area contributed by atoms with Crippen molar-refractivity contribution in [3.8, 4) is 0 Å². The van der Waals surface area contributed by atoms with E-state index in [1.54, 1.807) is 20.2 Å². The Labute approximate surface area is 138 Å². The number of nitrogens with one attached hydrogen (secondary N) is 1. The van der Waals surface area contributed by atoms with Crippen LogP contribution in [0.1, 0.15) is 0 Å². The number of hydrogen-bond donors (Lipinski definition) is 3. The predicted octanol–water partition coefficient (Wildman–Crippen LogP) is 2.23. The molecule has 128 valence electrons. The molecule has 2 aromatic rings. The van der Waals surface area contributed by atoms with E-state index >= 15 is 0 Å². The highest BCUT2D eigenvalue weighted by molar-refractivity contribution is 7.86. The average molecular weight is 352 g/mol. The zero-order valence-corrected chi connectivity index (χ0v) is 13.7. The molecule has 0 bridgehead atoms. The molecule has 2 aromatic carbocycles. The standard InChI is InChI=1S/C14H16N4O5S/c1-17(2)12-6-4-10(8-14(12)24(21,22)23)16-11-5-3-9(15)7-13(11)18(19)20/h3-8,16H,15H2,1-2H3,(H,21,22,23). The van der Waals surface area contributed by atoms with Crippen LogP contribution in [0.3, 0.4) is 0 Å². The lowest BCUT2D eigenvalue weighted by molar-refractivity contribution is -0.383. The lowest BCUT2D eigenvalue weighted by Gasteiger charge is -2.17. The van der Waals surface area contributed by atoms with Crippen molar-refractivity contribution in [3.63, 3.8) is 0 Å². The minimum absolute atomic E-state index is 0.146. The first kappa shape index (κ1) is 17.5. The van der Waals surface area contributed by atoms with Crippen molar-refractivity contribution in [2.45, 2.75) is 4.90 Å². The van der Waals surface area contributed by atoms with Gasteiger partial charge in [-0.15, -0.1) is 0 Å². The maximum atomic E-state index is 11.6. The van der Waals surface area contributed by atoms with Gasteiger partial charge in [0, 0.05) is 31.5 Å². The second kappa shape index (κ2) is 6.34. The van der Waals surface area contributed by atoms with Crippen molar-refractivity contribution in [2.75, 3.05) is 30.0 Å². The normalized spacial score (nSPS) is 11.1. The summed E-state index contributed by atoms with van der Waals surface area (Å²) in [5, 5.41) is 13.9. The largest absolute Gasteiger partial charge is 0.399 e. The molecule has 10 heteroatoms. The maximum absolute atomic E-state index is 11.6. The summed E-state index contributed by atoms with van der Waals surface area (Å²) in [6.45, 7) is 0. The molecule has 0 saturated carbocycles. The smallest absolute Gasteiger partial charge is 0.296 e. The van der Waals surface area contributed by atoms with Crippen molar-refractivity contribution in [3.05, 3.63) is 46.5 Å². The van der Waals surface area contributed by atoms with E-state index in [9.17, 15) is 23.1 Å². The van der Waals surface area contributed by atoms with Crippen LogP contribution in [-0.2, 0) is 10.1 Å². The number of nitro benzene ring substituents is 1. The van der Waals surface area contributed by atoms with Crippen molar-refractivity contribution in [1.82, 2.24) is 0 Å². The third kappa shape index (κ3) is 3.73. The van der Waals surface area contributed by atoms with Crippen LogP contribution in [0.5, 0.6) is 0 Å². The SMILES string of the molecule is CN(C)c1ccc(Nc2ccc(N)cc2[N+](=O)[O-])cc1S(=O)(=O)O. The molecule has 0 unspecified atom stereocenters. The summed E-state index contributed by atoms with van der Waals surface area (Å²) in [6.07, 6.45) is 0. The molecule has 0 aliphatic carbocycles. The number of nitrogens with two attached hydrogens (primary N) is 1. The van der Waals surface area contributed by atoms with E-state index < -0.39 is 15.0 Å². The van der Waals surface area contributed by atoms with Crippen LogP contribution in [0.15, 0.2) is 41.3 Å². The van der Waals surface area contributed by atoms with Gasteiger partial charge in [-0.2, -0.15) is 8.42 Å². The van der Waals surface area contributed by atoms with E-state index in [-0.39, 0.29) is 33.3 Å². The van der Waals surface area contributed by atoms with Crippen LogP contribution < -0.4 is 16.0 Å². The molecule has 0 atom stereocenters. The molecule has 4 N–H and O–H groups in total. The molecule has 2 rings (SSSR count). The number of rotatable bonds is 5. The van der Waals surface area contributed by atoms with E-state index in [2.05, 4.69) is 5.32 Å². The Hall–Kier alpha value is -2.85. The van der Waals surface area contributed by atoms with Crippen molar-refractivity contribution >= 4 is 38.6 Å². The van der Waals surface area contributed by atoms with Crippen LogP contribution in [0, 0.1) is 10.1 Å². The molecule has 0 spiro atoms. The zero-order valence-electron chi connectivity index (χ0n) is 12.9. The highest BCUT2D eigenvalue weighted by Gasteiger charge is 2.19. The minimum Gasteiger partial charge on any atom is -0.399 e. The number of anilines is 4. The Morgan fingerprint density at radius 2 is 1.88 bits per heavy atom. The quantitative estimate of drug-likeness (QED) is 0.322. The minimum atomic E-state index is -4.46. The molecule has 0 heterocycles. The van der Waals surface area contributed by atoms with E-state index in [0.29, 0.717) is 0 Å². The number of hydrogen-bond acceptors (Lipinski definition) is 7. The lowest BCUT2D eigenvalue weighted by atomic mass is 10.2. The molecule has 9 nitrogen and oxygen atoms in total. The predicted molar refractivity (Wildman–Crippen MR) is 91.4 cm³/mol. The van der Waals surface area contributed by atoms with Gasteiger partial charge >= 0.3 is 0 Å². The molecule has 0 fully saturated rings. The Balaban J connectivity index is 2.51. The third-order valence-electron chi connectivity index (χ3n) is 3.22. The summed E-state index contributed by atoms with van der Waals surface area (Å²) in [7, 11) is -1.21. The molecular weight excluding hydrogens is 336 g/mol. The van der Waals surface area contributed by atoms with Crippen molar-refractivity contribution < 1.29 is 17.9 Å². The van der Waals surface area contributed by atoms with E-state index in [0.717, 1.165) is 0 Å². The van der Waals surface area contributed by atoms with Crippen LogP contribution in [0.25, 0.3) is 0 Å². The molecule has 0 aromatic heterocycles. The molecular formula is C14H16N4O5S. The molecule has 0 amide bonds. The number of nitro groups is 1. The van der Waals surface area contributed by atoms with Crippen LogP contribution in [0.4, 0.5) is 28.4 Å². The van der Waals surface area contributed by atoms with Gasteiger partial charge in [0.05, 0.1) is 10.6 Å². The number of benzene rings is 2. The number of nitrogen functional groups attached to an aromatic ring is 1. The van der Waals surface area contributed by atoms with Crippen molar-refractivity contribution in [2.24, 2.45) is 0 Å². The summed E-state index contributed by atoms with van der Waals surface area (Å²) in [5.74, 6) is 0. The Bertz CT molecular complexity index is 896. The van der Waals surface area contributed by atoms with Gasteiger partial charge in [0.25, 0.3) is 15.8 Å². The highest BCUT2D eigenvalue weighted by Crippen LogP contribution is 2.32. The highest BCUT2D eigenvalue weighted by atomic mass is 32.2. The molecule has 0 aliphatic rings. The van der Waals surface area contributed by atoms with E-state index in [1.807, 2.05) is 0 Å². The van der Waals surface area contributed by atoms with Crippen LogP contribution >= 0.6 is 0 Å². The van der Waals surface area contributed by atoms with Gasteiger partial charge in [-0.3, -0.25) is 14.7 Å². The van der Waals surface area contributed by atoms with Crippen LogP contribution in [-0.4, -0.2) is 32.0 Å². The van der Waals surface area contributed by atoms with Gasteiger partial charge in [0.15, 0.2) is 0 Å². The second-order valence-corrected chi connectivity index (χ2v) is 6.60. The first-order valence-electron chi connectivity index (χ1n) is 6.69. The zero-order chi connectivity index (χ0) is 18.1.